The summed E-state index contributed by atoms with van der Waals surface area (Å²) in [7, 11) is 3.25. The second-order valence-corrected chi connectivity index (χ2v) is 9.87. The van der Waals surface area contributed by atoms with Crippen LogP contribution in [0.5, 0.6) is 11.5 Å². The highest BCUT2D eigenvalue weighted by atomic mass is 16.5. The lowest BCUT2D eigenvalue weighted by atomic mass is 9.96. The van der Waals surface area contributed by atoms with Crippen LogP contribution >= 0.6 is 0 Å². The van der Waals surface area contributed by atoms with Crippen LogP contribution in [-0.2, 0) is 13.1 Å². The Morgan fingerprint density at radius 2 is 1.92 bits per heavy atom. The molecule has 2 aromatic heterocycles. The van der Waals surface area contributed by atoms with Crippen molar-refractivity contribution in [3.05, 3.63) is 59.4 Å². The molecule has 11 nitrogen and oxygen atoms in total. The maximum absolute atomic E-state index is 13.3. The van der Waals surface area contributed by atoms with E-state index in [4.69, 9.17) is 14.5 Å². The van der Waals surface area contributed by atoms with Gasteiger partial charge < -0.3 is 19.7 Å². The molecule has 38 heavy (non-hydrogen) atoms. The second kappa shape index (κ2) is 9.90. The van der Waals surface area contributed by atoms with E-state index >= 15 is 0 Å². The van der Waals surface area contributed by atoms with E-state index in [2.05, 4.69) is 37.5 Å². The number of rotatable bonds is 6. The number of nitrogens with zero attached hydrogens (tertiary/aromatic N) is 6. The van der Waals surface area contributed by atoms with Gasteiger partial charge in [0, 0.05) is 72.9 Å². The SMILES string of the molecule is COc1cc(Nc2ncc3c(n2)CN([C@@H]2CCN(C(=O)c4ccc5[nH]nnc5c4)[C@H](C)C2)C3)cc(OC)c1. The molecular formula is C27H30N8O3. The summed E-state index contributed by atoms with van der Waals surface area (Å²) in [6, 6.07) is 11.6. The van der Waals surface area contributed by atoms with Crippen molar-refractivity contribution in [2.75, 3.05) is 26.1 Å². The number of benzene rings is 2. The summed E-state index contributed by atoms with van der Waals surface area (Å²) in [5.41, 5.74) is 5.15. The Balaban J connectivity index is 1.10. The highest BCUT2D eigenvalue weighted by Crippen LogP contribution is 2.32. The van der Waals surface area contributed by atoms with Gasteiger partial charge in [0.15, 0.2) is 0 Å². The van der Waals surface area contributed by atoms with Gasteiger partial charge in [0.05, 0.1) is 25.4 Å². The Hall–Kier alpha value is -4.25. The summed E-state index contributed by atoms with van der Waals surface area (Å²) in [4.78, 5) is 27.0. The molecule has 6 rings (SSSR count). The summed E-state index contributed by atoms with van der Waals surface area (Å²) in [6.45, 7) is 4.43. The molecule has 2 aliphatic rings. The molecule has 2 atom stereocenters. The van der Waals surface area contributed by atoms with Crippen molar-refractivity contribution in [2.45, 2.75) is 44.9 Å². The topological polar surface area (TPSA) is 121 Å². The number of piperidine rings is 1. The van der Waals surface area contributed by atoms with Gasteiger partial charge in [0.1, 0.15) is 17.0 Å². The molecule has 1 saturated heterocycles. The Morgan fingerprint density at radius 1 is 1.11 bits per heavy atom. The average Bonchev–Trinajstić information content (AvgIpc) is 3.58. The zero-order valence-corrected chi connectivity index (χ0v) is 21.6. The number of H-pyrrole nitrogens is 1. The molecule has 2 aliphatic heterocycles. The van der Waals surface area contributed by atoms with Crippen LogP contribution in [-0.4, -0.2) is 73.9 Å². The summed E-state index contributed by atoms with van der Waals surface area (Å²) in [6.07, 6.45) is 3.73. The first-order valence-electron chi connectivity index (χ1n) is 12.7. The van der Waals surface area contributed by atoms with Gasteiger partial charge in [0.25, 0.3) is 5.91 Å². The molecule has 196 valence electrons. The Bertz CT molecular complexity index is 1470. The molecule has 0 saturated carbocycles. The molecule has 2 N–H and O–H groups in total. The first kappa shape index (κ1) is 24.1. The van der Waals surface area contributed by atoms with Crippen molar-refractivity contribution < 1.29 is 14.3 Å². The van der Waals surface area contributed by atoms with Crippen LogP contribution in [0.15, 0.2) is 42.6 Å². The average molecular weight is 515 g/mol. The largest absolute Gasteiger partial charge is 0.497 e. The minimum absolute atomic E-state index is 0.0429. The highest BCUT2D eigenvalue weighted by Gasteiger charge is 2.35. The van der Waals surface area contributed by atoms with E-state index in [9.17, 15) is 4.79 Å². The molecule has 4 aromatic rings. The summed E-state index contributed by atoms with van der Waals surface area (Å²) >= 11 is 0. The van der Waals surface area contributed by atoms with Crippen molar-refractivity contribution in [2.24, 2.45) is 0 Å². The van der Waals surface area contributed by atoms with Crippen LogP contribution in [0.4, 0.5) is 11.6 Å². The molecule has 4 heterocycles. The lowest BCUT2D eigenvalue weighted by Crippen LogP contribution is -2.50. The predicted molar refractivity (Wildman–Crippen MR) is 142 cm³/mol. The van der Waals surface area contributed by atoms with E-state index in [-0.39, 0.29) is 11.9 Å². The number of nitrogens with one attached hydrogen (secondary N) is 2. The summed E-state index contributed by atoms with van der Waals surface area (Å²) in [5.74, 6) is 1.97. The smallest absolute Gasteiger partial charge is 0.254 e. The van der Waals surface area contributed by atoms with Gasteiger partial charge in [-0.3, -0.25) is 14.8 Å². The summed E-state index contributed by atoms with van der Waals surface area (Å²) in [5, 5.41) is 14.0. The number of anilines is 2. The lowest BCUT2D eigenvalue weighted by molar-refractivity contribution is 0.0460. The van der Waals surface area contributed by atoms with E-state index in [1.165, 1.54) is 0 Å². The fourth-order valence-electron chi connectivity index (χ4n) is 5.43. The van der Waals surface area contributed by atoms with Crippen LogP contribution in [0.25, 0.3) is 11.0 Å². The minimum Gasteiger partial charge on any atom is -0.497 e. The van der Waals surface area contributed by atoms with Crippen LogP contribution < -0.4 is 14.8 Å². The Labute approximate surface area is 220 Å². The van der Waals surface area contributed by atoms with Gasteiger partial charge in [-0.15, -0.1) is 5.10 Å². The third-order valence-corrected chi connectivity index (χ3v) is 7.49. The molecule has 11 heteroatoms. The molecule has 0 aliphatic carbocycles. The van der Waals surface area contributed by atoms with Gasteiger partial charge in [-0.2, -0.15) is 0 Å². The molecular weight excluding hydrogens is 484 g/mol. The third-order valence-electron chi connectivity index (χ3n) is 7.49. The zero-order valence-electron chi connectivity index (χ0n) is 21.6. The molecule has 1 amide bonds. The number of aromatic nitrogens is 5. The fraction of sp³-hybridized carbons (Fsp3) is 0.370. The van der Waals surface area contributed by atoms with Crippen molar-refractivity contribution in [1.29, 1.82) is 0 Å². The molecule has 0 bridgehead atoms. The van der Waals surface area contributed by atoms with Gasteiger partial charge in [0.2, 0.25) is 5.95 Å². The maximum Gasteiger partial charge on any atom is 0.254 e. The number of ether oxygens (including phenoxy) is 2. The highest BCUT2D eigenvalue weighted by molar-refractivity contribution is 5.97. The molecule has 1 fully saturated rings. The van der Waals surface area contributed by atoms with Gasteiger partial charge in [-0.1, -0.05) is 5.21 Å². The number of carbonyl (C=O) groups is 1. The standard InChI is InChI=1S/C27H30N8O3/c1-16-8-20(6-7-35(16)26(36)17-4-5-23-24(9-17)32-33-31-23)34-14-18-13-28-27(30-25(18)15-34)29-19-10-21(37-2)12-22(11-19)38-3/h4-5,9-13,16,20H,6-8,14-15H2,1-3H3,(H,28,29,30)(H,31,32,33)/t16-,20-/m1/s1. The number of aromatic amines is 1. The van der Waals surface area contributed by atoms with Crippen LogP contribution in [0.2, 0.25) is 0 Å². The summed E-state index contributed by atoms with van der Waals surface area (Å²) < 4.78 is 10.7. The minimum atomic E-state index is 0.0429. The van der Waals surface area contributed by atoms with Crippen molar-refractivity contribution in [3.8, 4) is 11.5 Å². The number of amides is 1. The number of methoxy groups -OCH3 is 2. The van der Waals surface area contributed by atoms with E-state index in [0.29, 0.717) is 41.1 Å². The van der Waals surface area contributed by atoms with Crippen molar-refractivity contribution in [3.63, 3.8) is 0 Å². The third kappa shape index (κ3) is 4.60. The number of hydrogen-bond donors (Lipinski definition) is 2. The van der Waals surface area contributed by atoms with Gasteiger partial charge in [-0.05, 0) is 38.0 Å². The lowest BCUT2D eigenvalue weighted by Gasteiger charge is -2.41. The quantitative estimate of drug-likeness (QED) is 0.398. The van der Waals surface area contributed by atoms with E-state index in [1.807, 2.05) is 47.5 Å². The van der Waals surface area contributed by atoms with E-state index < -0.39 is 0 Å². The fourth-order valence-corrected chi connectivity index (χ4v) is 5.43. The number of carbonyl (C=O) groups excluding carboxylic acids is 1. The first-order valence-corrected chi connectivity index (χ1v) is 12.7. The van der Waals surface area contributed by atoms with Crippen molar-refractivity contribution in [1.82, 2.24) is 35.2 Å². The van der Waals surface area contributed by atoms with Crippen LogP contribution in [0, 0.1) is 0 Å². The van der Waals surface area contributed by atoms with E-state index in [1.54, 1.807) is 14.2 Å². The normalized spacial score (nSPS) is 19.4. The monoisotopic (exact) mass is 514 g/mol. The molecule has 0 spiro atoms. The molecule has 0 radical (unpaired) electrons. The Kier molecular flexibility index (Phi) is 6.28. The maximum atomic E-state index is 13.3. The number of likely N-dealkylation sites (tertiary alicyclic amines) is 1. The van der Waals surface area contributed by atoms with Crippen LogP contribution in [0.3, 0.4) is 0 Å². The van der Waals surface area contributed by atoms with Crippen LogP contribution in [0.1, 0.15) is 41.4 Å². The van der Waals surface area contributed by atoms with Gasteiger partial charge in [-0.25, -0.2) is 9.97 Å². The number of fused-ring (bicyclic) bond motifs is 2. The molecule has 0 unspecified atom stereocenters. The molecule has 2 aromatic carbocycles. The van der Waals surface area contributed by atoms with Gasteiger partial charge >= 0.3 is 0 Å². The first-order chi connectivity index (χ1) is 18.5. The predicted octanol–water partition coefficient (Wildman–Crippen LogP) is 3.52. The van der Waals surface area contributed by atoms with Crippen molar-refractivity contribution >= 4 is 28.6 Å². The van der Waals surface area contributed by atoms with E-state index in [0.717, 1.165) is 48.4 Å². The zero-order chi connectivity index (χ0) is 26.2. The number of hydrogen-bond acceptors (Lipinski definition) is 9. The Morgan fingerprint density at radius 3 is 2.68 bits per heavy atom. The second-order valence-electron chi connectivity index (χ2n) is 9.87.